The van der Waals surface area contributed by atoms with E-state index in [4.69, 9.17) is 37.7 Å². The molecule has 0 aromatic heterocycles. The number of halogens is 2. The van der Waals surface area contributed by atoms with Gasteiger partial charge in [0.15, 0.2) is 5.60 Å². The third-order valence-electron chi connectivity index (χ3n) is 7.12. The van der Waals surface area contributed by atoms with E-state index in [1.54, 1.807) is 7.11 Å². The Bertz CT molecular complexity index is 690. The number of benzene rings is 1. The first kappa shape index (κ1) is 15.7. The number of methoxy groups -OCH3 is 1. The average molecular weight is 369 g/mol. The van der Waals surface area contributed by atoms with Crippen molar-refractivity contribution in [2.75, 3.05) is 7.11 Å². The van der Waals surface area contributed by atoms with Crippen LogP contribution in [-0.4, -0.2) is 17.6 Å². The molecule has 0 radical (unpaired) electrons. The Hall–Kier alpha value is -0.480. The number of ether oxygens (including phenoxy) is 1. The normalized spacial score (nSPS) is 48.6. The Kier molecular flexibility index (Phi) is 3.16. The van der Waals surface area contributed by atoms with Gasteiger partial charge in [-0.2, -0.15) is 0 Å². The Labute approximate surface area is 152 Å². The van der Waals surface area contributed by atoms with Crippen molar-refractivity contribution < 1.29 is 14.5 Å². The van der Waals surface area contributed by atoms with Crippen molar-refractivity contribution in [1.29, 1.82) is 0 Å². The van der Waals surface area contributed by atoms with E-state index in [0.29, 0.717) is 22.6 Å². The summed E-state index contributed by atoms with van der Waals surface area (Å²) in [4.78, 5) is 11.8. The van der Waals surface area contributed by atoms with Crippen LogP contribution in [-0.2, 0) is 15.4 Å². The van der Waals surface area contributed by atoms with Gasteiger partial charge in [0.1, 0.15) is 11.4 Å². The second kappa shape index (κ2) is 4.82. The van der Waals surface area contributed by atoms with E-state index in [0.717, 1.165) is 24.3 Å². The zero-order valence-corrected chi connectivity index (χ0v) is 15.5. The highest BCUT2D eigenvalue weighted by Gasteiger charge is 2.75. The van der Waals surface area contributed by atoms with Crippen LogP contribution in [0.5, 0.6) is 5.75 Å². The third-order valence-corrected chi connectivity index (χ3v) is 7.90. The van der Waals surface area contributed by atoms with E-state index in [-0.39, 0.29) is 10.5 Å². The van der Waals surface area contributed by atoms with Gasteiger partial charge in [0.2, 0.25) is 0 Å². The van der Waals surface area contributed by atoms with Crippen LogP contribution < -0.4 is 4.74 Å². The van der Waals surface area contributed by atoms with Crippen molar-refractivity contribution >= 4 is 23.2 Å². The van der Waals surface area contributed by atoms with Gasteiger partial charge >= 0.3 is 0 Å². The fraction of sp³-hybridized carbons (Fsp3) is 0.684. The van der Waals surface area contributed by atoms with E-state index in [1.165, 1.54) is 19.3 Å². The number of hydrogen-bond donors (Lipinski definition) is 0. The van der Waals surface area contributed by atoms with Gasteiger partial charge < -0.3 is 4.74 Å². The topological polar surface area (TPSA) is 27.7 Å². The molecule has 3 nitrogen and oxygen atoms in total. The summed E-state index contributed by atoms with van der Waals surface area (Å²) in [5.74, 6) is 2.35. The molecule has 0 amide bonds. The van der Waals surface area contributed by atoms with Crippen molar-refractivity contribution in [1.82, 2.24) is 0 Å². The van der Waals surface area contributed by atoms with Gasteiger partial charge in [-0.05, 0) is 74.5 Å². The molecule has 130 valence electrons. The maximum atomic E-state index is 6.91. The fourth-order valence-electron chi connectivity index (χ4n) is 6.28. The van der Waals surface area contributed by atoms with Crippen LogP contribution >= 0.6 is 23.2 Å². The maximum absolute atomic E-state index is 6.91. The summed E-state index contributed by atoms with van der Waals surface area (Å²) in [5.41, 5.74) is 0.341. The zero-order chi connectivity index (χ0) is 16.7. The van der Waals surface area contributed by atoms with Gasteiger partial charge in [-0.3, -0.25) is 0 Å². The second-order valence-corrected chi connectivity index (χ2v) is 9.55. The molecule has 3 unspecified atom stereocenters. The molecule has 5 aliphatic rings. The van der Waals surface area contributed by atoms with E-state index in [9.17, 15) is 0 Å². The first-order valence-electron chi connectivity index (χ1n) is 8.80. The molecular formula is C19H22Cl2O3. The predicted octanol–water partition coefficient (Wildman–Crippen LogP) is 5.08. The molecule has 4 bridgehead atoms. The van der Waals surface area contributed by atoms with Crippen LogP contribution in [0.3, 0.4) is 0 Å². The van der Waals surface area contributed by atoms with Gasteiger partial charge in [0.25, 0.3) is 0 Å². The standard InChI is InChI=1S/C19H22Cl2O3/c1-17(12-3-4-15(20)16(7-12)22-2)19(24-23-17)13-5-11-6-14(19)10-18(21,8-11)9-13/h3-4,7,11,13-14H,5-6,8-10H2,1-2H3. The van der Waals surface area contributed by atoms with Crippen molar-refractivity contribution in [2.24, 2.45) is 17.8 Å². The van der Waals surface area contributed by atoms with Crippen molar-refractivity contribution in [2.45, 2.75) is 55.1 Å². The van der Waals surface area contributed by atoms with E-state index in [2.05, 4.69) is 6.92 Å². The molecular weight excluding hydrogens is 347 g/mol. The molecule has 1 saturated heterocycles. The number of hydrogen-bond acceptors (Lipinski definition) is 3. The summed E-state index contributed by atoms with van der Waals surface area (Å²) < 4.78 is 5.41. The first-order chi connectivity index (χ1) is 11.4. The lowest BCUT2D eigenvalue weighted by molar-refractivity contribution is -0.589. The highest BCUT2D eigenvalue weighted by molar-refractivity contribution is 6.32. The van der Waals surface area contributed by atoms with Crippen LogP contribution in [0.1, 0.15) is 44.6 Å². The van der Waals surface area contributed by atoms with Crippen LogP contribution in [0.4, 0.5) is 0 Å². The Morgan fingerprint density at radius 3 is 2.38 bits per heavy atom. The molecule has 3 atom stereocenters. The van der Waals surface area contributed by atoms with E-state index >= 15 is 0 Å². The largest absolute Gasteiger partial charge is 0.495 e. The highest BCUT2D eigenvalue weighted by Crippen LogP contribution is 2.71. The van der Waals surface area contributed by atoms with Crippen LogP contribution in [0.15, 0.2) is 18.2 Å². The highest BCUT2D eigenvalue weighted by atomic mass is 35.5. The van der Waals surface area contributed by atoms with E-state index in [1.807, 2.05) is 18.2 Å². The molecule has 1 heterocycles. The molecule has 1 aromatic carbocycles. The molecule has 5 heteroatoms. The lowest BCUT2D eigenvalue weighted by atomic mass is 9.45. The molecule has 0 N–H and O–H groups in total. The molecule has 6 rings (SSSR count). The maximum Gasteiger partial charge on any atom is 0.158 e. The number of alkyl halides is 1. The van der Waals surface area contributed by atoms with Crippen LogP contribution in [0.25, 0.3) is 0 Å². The first-order valence-corrected chi connectivity index (χ1v) is 9.55. The van der Waals surface area contributed by atoms with Crippen LogP contribution in [0.2, 0.25) is 5.02 Å². The minimum atomic E-state index is -0.471. The average Bonchev–Trinajstić information content (AvgIpc) is 2.52. The summed E-state index contributed by atoms with van der Waals surface area (Å²) in [7, 11) is 1.64. The molecule has 1 aliphatic heterocycles. The van der Waals surface area contributed by atoms with Crippen molar-refractivity contribution in [3.63, 3.8) is 0 Å². The smallest absolute Gasteiger partial charge is 0.158 e. The van der Waals surface area contributed by atoms with Gasteiger partial charge in [-0.25, -0.2) is 9.78 Å². The minimum Gasteiger partial charge on any atom is -0.495 e. The minimum absolute atomic E-state index is 0.0146. The van der Waals surface area contributed by atoms with Gasteiger partial charge in [-0.1, -0.05) is 17.7 Å². The molecule has 24 heavy (non-hydrogen) atoms. The third kappa shape index (κ3) is 1.77. The molecule has 4 aliphatic carbocycles. The van der Waals surface area contributed by atoms with E-state index < -0.39 is 5.60 Å². The Morgan fingerprint density at radius 1 is 1.12 bits per heavy atom. The quantitative estimate of drug-likeness (QED) is 0.537. The lowest BCUT2D eigenvalue weighted by Crippen LogP contribution is -2.76. The molecule has 1 aromatic rings. The van der Waals surface area contributed by atoms with Gasteiger partial charge in [0.05, 0.1) is 12.1 Å². The summed E-state index contributed by atoms with van der Waals surface area (Å²) >= 11 is 13.1. The SMILES string of the molecule is COc1cc(C2(C)OOC23C2CC4CC3CC(Cl)(C4)C2)ccc1Cl. The predicted molar refractivity (Wildman–Crippen MR) is 92.4 cm³/mol. The Morgan fingerprint density at radius 2 is 1.83 bits per heavy atom. The Balaban J connectivity index is 1.58. The summed E-state index contributed by atoms with van der Waals surface area (Å²) in [6, 6.07) is 5.92. The molecule has 5 fully saturated rings. The monoisotopic (exact) mass is 368 g/mol. The van der Waals surface area contributed by atoms with Gasteiger partial charge in [-0.15, -0.1) is 11.6 Å². The summed E-state index contributed by atoms with van der Waals surface area (Å²) in [5, 5.41) is 0.615. The summed E-state index contributed by atoms with van der Waals surface area (Å²) in [6.07, 6.45) is 5.64. The second-order valence-electron chi connectivity index (χ2n) is 8.34. The van der Waals surface area contributed by atoms with Crippen molar-refractivity contribution in [3.8, 4) is 5.75 Å². The molecule has 1 spiro atoms. The molecule has 4 saturated carbocycles. The fourth-order valence-corrected chi connectivity index (χ4v) is 7.07. The van der Waals surface area contributed by atoms with Crippen LogP contribution in [0, 0.1) is 17.8 Å². The zero-order valence-electron chi connectivity index (χ0n) is 14.0. The lowest BCUT2D eigenvalue weighted by Gasteiger charge is -2.70. The van der Waals surface area contributed by atoms with Gasteiger partial charge in [0, 0.05) is 4.87 Å². The number of rotatable bonds is 2. The van der Waals surface area contributed by atoms with Crippen molar-refractivity contribution in [3.05, 3.63) is 28.8 Å². The summed E-state index contributed by atoms with van der Waals surface area (Å²) in [6.45, 7) is 2.16.